The van der Waals surface area contributed by atoms with E-state index in [1.807, 2.05) is 0 Å². The third-order valence-corrected chi connectivity index (χ3v) is 2.93. The van der Waals surface area contributed by atoms with Gasteiger partial charge in [0.2, 0.25) is 0 Å². The molecule has 1 atom stereocenters. The van der Waals surface area contributed by atoms with Crippen LogP contribution in [0.25, 0.3) is 0 Å². The first kappa shape index (κ1) is 10.7. The maximum absolute atomic E-state index is 10.8. The quantitative estimate of drug-likeness (QED) is 0.661. The van der Waals surface area contributed by atoms with E-state index in [1.165, 1.54) is 12.1 Å². The first-order chi connectivity index (χ1) is 5.93. The van der Waals surface area contributed by atoms with Crippen LogP contribution < -0.4 is 5.73 Å². The third-order valence-electron chi connectivity index (χ3n) is 1.59. The zero-order chi connectivity index (χ0) is 10.1. The smallest absolute Gasteiger partial charge is 0.323 e. The Bertz CT molecular complexity index is 351. The maximum Gasteiger partial charge on any atom is 0.346 e. The van der Waals surface area contributed by atoms with Crippen LogP contribution >= 0.6 is 19.2 Å². The second kappa shape index (κ2) is 3.78. The molecule has 72 valence electrons. The van der Waals surface area contributed by atoms with Crippen LogP contribution in [0.2, 0.25) is 5.02 Å². The van der Waals surface area contributed by atoms with Crippen LogP contribution in [-0.2, 0) is 4.57 Å². The minimum Gasteiger partial charge on any atom is -0.323 e. The fraction of sp³-hybridized carbons (Fsp3) is 0.143. The Morgan fingerprint density at radius 3 is 2.38 bits per heavy atom. The summed E-state index contributed by atoms with van der Waals surface area (Å²) in [6.45, 7) is 0. The largest absolute Gasteiger partial charge is 0.346 e. The molecule has 0 saturated carbocycles. The van der Waals surface area contributed by atoms with Crippen molar-refractivity contribution >= 4 is 19.2 Å². The number of hydrogen-bond acceptors (Lipinski definition) is 2. The molecule has 1 rings (SSSR count). The predicted molar refractivity (Wildman–Crippen MR) is 50.4 cm³/mol. The van der Waals surface area contributed by atoms with Crippen LogP contribution in [0, 0.1) is 0 Å². The van der Waals surface area contributed by atoms with Gasteiger partial charge in [0.25, 0.3) is 0 Å². The van der Waals surface area contributed by atoms with Gasteiger partial charge in [-0.25, -0.2) is 0 Å². The van der Waals surface area contributed by atoms with Gasteiger partial charge < -0.3 is 15.5 Å². The molecule has 0 bridgehead atoms. The summed E-state index contributed by atoms with van der Waals surface area (Å²) in [6, 6.07) is 6.31. The SMILES string of the molecule is N[C@H](c1ccccc1Cl)P(=O)(O)O. The standard InChI is InChI=1S/C7H9ClNO3P/c8-6-4-2-1-3-5(6)7(9)13(10,11)12/h1-4,7H,9H2,(H2,10,11,12)/t7-/m0/s1. The fourth-order valence-electron chi connectivity index (χ4n) is 0.896. The lowest BCUT2D eigenvalue weighted by Crippen LogP contribution is -2.10. The first-order valence-corrected chi connectivity index (χ1v) is 5.54. The summed E-state index contributed by atoms with van der Waals surface area (Å²) in [4.78, 5) is 17.6. The lowest BCUT2D eigenvalue weighted by atomic mass is 10.2. The van der Waals surface area contributed by atoms with Crippen molar-refractivity contribution in [2.24, 2.45) is 5.73 Å². The van der Waals surface area contributed by atoms with Crippen molar-refractivity contribution in [2.45, 2.75) is 5.78 Å². The normalized spacial score (nSPS) is 14.2. The Morgan fingerprint density at radius 2 is 1.92 bits per heavy atom. The number of rotatable bonds is 2. The molecule has 1 aromatic rings. The maximum atomic E-state index is 10.8. The fourth-order valence-corrected chi connectivity index (χ4v) is 1.81. The molecule has 0 spiro atoms. The van der Waals surface area contributed by atoms with E-state index in [0.717, 1.165) is 0 Å². The van der Waals surface area contributed by atoms with Gasteiger partial charge in [0.05, 0.1) is 0 Å². The van der Waals surface area contributed by atoms with Crippen molar-refractivity contribution in [1.82, 2.24) is 0 Å². The second-order valence-corrected chi connectivity index (χ2v) is 4.70. The van der Waals surface area contributed by atoms with Gasteiger partial charge in [0, 0.05) is 5.02 Å². The van der Waals surface area contributed by atoms with Crippen LogP contribution in [0.5, 0.6) is 0 Å². The van der Waals surface area contributed by atoms with Crippen molar-refractivity contribution in [3.05, 3.63) is 34.9 Å². The molecule has 0 fully saturated rings. The van der Waals surface area contributed by atoms with E-state index in [4.69, 9.17) is 27.1 Å². The van der Waals surface area contributed by atoms with Gasteiger partial charge in [0.15, 0.2) is 0 Å². The highest BCUT2D eigenvalue weighted by molar-refractivity contribution is 7.52. The molecule has 0 unspecified atom stereocenters. The summed E-state index contributed by atoms with van der Waals surface area (Å²) in [5.41, 5.74) is 5.59. The first-order valence-electron chi connectivity index (χ1n) is 3.48. The third kappa shape index (κ3) is 2.53. The van der Waals surface area contributed by atoms with Crippen molar-refractivity contribution in [1.29, 1.82) is 0 Å². The van der Waals surface area contributed by atoms with E-state index < -0.39 is 13.4 Å². The zero-order valence-electron chi connectivity index (χ0n) is 6.59. The Morgan fingerprint density at radius 1 is 1.38 bits per heavy atom. The molecule has 0 aliphatic rings. The van der Waals surface area contributed by atoms with Crippen LogP contribution in [0.15, 0.2) is 24.3 Å². The molecule has 4 nitrogen and oxygen atoms in total. The van der Waals surface area contributed by atoms with Crippen molar-refractivity contribution in [3.63, 3.8) is 0 Å². The molecule has 0 saturated heterocycles. The number of benzene rings is 1. The molecule has 0 aromatic heterocycles. The summed E-state index contributed by atoms with van der Waals surface area (Å²) in [7, 11) is -4.31. The molecule has 0 radical (unpaired) electrons. The summed E-state index contributed by atoms with van der Waals surface area (Å²) in [5.74, 6) is -1.35. The molecule has 0 heterocycles. The number of halogens is 1. The van der Waals surface area contributed by atoms with Crippen molar-refractivity contribution in [2.75, 3.05) is 0 Å². The lowest BCUT2D eigenvalue weighted by Gasteiger charge is -2.14. The molecule has 0 aliphatic heterocycles. The monoisotopic (exact) mass is 221 g/mol. The summed E-state index contributed by atoms with van der Waals surface area (Å²) in [5, 5.41) is 0.262. The summed E-state index contributed by atoms with van der Waals surface area (Å²) < 4.78 is 10.8. The zero-order valence-corrected chi connectivity index (χ0v) is 8.24. The van der Waals surface area contributed by atoms with Crippen LogP contribution in [0.1, 0.15) is 11.3 Å². The molecule has 4 N–H and O–H groups in total. The lowest BCUT2D eigenvalue weighted by molar-refractivity contribution is 0.359. The van der Waals surface area contributed by atoms with Crippen LogP contribution in [-0.4, -0.2) is 9.79 Å². The van der Waals surface area contributed by atoms with Gasteiger partial charge in [-0.3, -0.25) is 4.57 Å². The van der Waals surface area contributed by atoms with Crippen LogP contribution in [0.3, 0.4) is 0 Å². The number of nitrogens with two attached hydrogens (primary N) is 1. The number of hydrogen-bond donors (Lipinski definition) is 3. The molecule has 13 heavy (non-hydrogen) atoms. The van der Waals surface area contributed by atoms with E-state index in [-0.39, 0.29) is 10.6 Å². The predicted octanol–water partition coefficient (Wildman–Crippen LogP) is 1.47. The Balaban J connectivity index is 3.09. The van der Waals surface area contributed by atoms with Gasteiger partial charge in [0.1, 0.15) is 5.78 Å². The minimum absolute atomic E-state index is 0.262. The second-order valence-electron chi connectivity index (χ2n) is 2.56. The summed E-state index contributed by atoms with van der Waals surface area (Å²) in [6.07, 6.45) is 0. The van der Waals surface area contributed by atoms with E-state index in [1.54, 1.807) is 12.1 Å². The molecule has 1 aromatic carbocycles. The van der Waals surface area contributed by atoms with Gasteiger partial charge in [-0.05, 0) is 11.6 Å². The highest BCUT2D eigenvalue weighted by atomic mass is 35.5. The molecular formula is C7H9ClNO3P. The molecule has 6 heteroatoms. The molecule has 0 amide bonds. The summed E-state index contributed by atoms with van der Waals surface area (Å²) >= 11 is 5.70. The minimum atomic E-state index is -4.31. The Kier molecular flexibility index (Phi) is 3.11. The van der Waals surface area contributed by atoms with Gasteiger partial charge in [-0.2, -0.15) is 0 Å². The Hall–Kier alpha value is -0.380. The van der Waals surface area contributed by atoms with Crippen LogP contribution in [0.4, 0.5) is 0 Å². The average Bonchev–Trinajstić information content (AvgIpc) is 2.02. The van der Waals surface area contributed by atoms with E-state index in [9.17, 15) is 4.57 Å². The van der Waals surface area contributed by atoms with E-state index in [2.05, 4.69) is 0 Å². The van der Waals surface area contributed by atoms with E-state index in [0.29, 0.717) is 0 Å². The highest BCUT2D eigenvalue weighted by Gasteiger charge is 2.27. The molecular weight excluding hydrogens is 213 g/mol. The highest BCUT2D eigenvalue weighted by Crippen LogP contribution is 2.49. The van der Waals surface area contributed by atoms with Crippen molar-refractivity contribution in [3.8, 4) is 0 Å². The van der Waals surface area contributed by atoms with Crippen molar-refractivity contribution < 1.29 is 14.4 Å². The topological polar surface area (TPSA) is 83.6 Å². The Labute approximate surface area is 80.5 Å². The van der Waals surface area contributed by atoms with Gasteiger partial charge in [-0.15, -0.1) is 0 Å². The van der Waals surface area contributed by atoms with E-state index >= 15 is 0 Å². The van der Waals surface area contributed by atoms with Gasteiger partial charge in [-0.1, -0.05) is 29.8 Å². The molecule has 0 aliphatic carbocycles. The average molecular weight is 222 g/mol. The van der Waals surface area contributed by atoms with Gasteiger partial charge >= 0.3 is 7.60 Å².